The standard InChI is InChI=1S/C8H20Cl2N2P/c1-5-11(6-2)13(9,10)12(7-3)8-4/h5-8H2,1-4H3/q+1. The fourth-order valence-electron chi connectivity index (χ4n) is 1.31. The molecule has 0 bridgehead atoms. The van der Waals surface area contributed by atoms with Gasteiger partial charge >= 0.3 is 6.27 Å². The number of nitrogens with zero attached hydrogens (tertiary/aromatic N) is 2. The molecular formula is C8H20Cl2N2P+. The van der Waals surface area contributed by atoms with Crippen LogP contribution in [0.3, 0.4) is 0 Å². The first-order chi connectivity index (χ1) is 6.04. The Kier molecular flexibility index (Phi) is 6.88. The maximum absolute atomic E-state index is 6.40. The molecule has 5 heteroatoms. The molecule has 13 heavy (non-hydrogen) atoms. The zero-order valence-electron chi connectivity index (χ0n) is 8.93. The molecule has 0 N–H and O–H groups in total. The van der Waals surface area contributed by atoms with Gasteiger partial charge < -0.3 is 0 Å². The van der Waals surface area contributed by atoms with E-state index in [9.17, 15) is 0 Å². The lowest BCUT2D eigenvalue weighted by Gasteiger charge is -2.29. The molecule has 0 atom stereocenters. The molecule has 0 amide bonds. The zero-order chi connectivity index (χ0) is 10.5. The third-order valence-electron chi connectivity index (χ3n) is 2.14. The molecule has 0 spiro atoms. The summed E-state index contributed by atoms with van der Waals surface area (Å²) < 4.78 is 4.28. The summed E-state index contributed by atoms with van der Waals surface area (Å²) in [5.41, 5.74) is 0. The van der Waals surface area contributed by atoms with E-state index in [1.54, 1.807) is 0 Å². The van der Waals surface area contributed by atoms with E-state index < -0.39 is 6.27 Å². The van der Waals surface area contributed by atoms with Crippen LogP contribution in [0, 0.1) is 0 Å². The van der Waals surface area contributed by atoms with Crippen molar-refractivity contribution in [1.82, 2.24) is 9.34 Å². The monoisotopic (exact) mass is 245 g/mol. The normalized spacial score (nSPS) is 12.9. The van der Waals surface area contributed by atoms with Crippen LogP contribution >= 0.6 is 28.8 Å². The number of hydrogen-bond donors (Lipinski definition) is 0. The molecule has 0 rings (SSSR count). The molecule has 2 nitrogen and oxygen atoms in total. The van der Waals surface area contributed by atoms with Crippen LogP contribution in [0.5, 0.6) is 0 Å². The Bertz CT molecular complexity index is 122. The summed E-state index contributed by atoms with van der Waals surface area (Å²) in [5, 5.41) is 0. The molecule has 0 aliphatic carbocycles. The van der Waals surface area contributed by atoms with Gasteiger partial charge in [-0.1, -0.05) is 0 Å². The second kappa shape index (κ2) is 6.42. The van der Waals surface area contributed by atoms with Crippen molar-refractivity contribution in [2.24, 2.45) is 0 Å². The largest absolute Gasteiger partial charge is 0.355 e. The highest BCUT2D eigenvalue weighted by molar-refractivity contribution is 8.14. The molecule has 0 radical (unpaired) electrons. The highest BCUT2D eigenvalue weighted by Gasteiger charge is 2.47. The summed E-state index contributed by atoms with van der Waals surface area (Å²) in [7, 11) is 0. The predicted octanol–water partition coefficient (Wildman–Crippen LogP) is 3.83. The van der Waals surface area contributed by atoms with Crippen molar-refractivity contribution in [3.8, 4) is 0 Å². The van der Waals surface area contributed by atoms with Crippen LogP contribution in [0.1, 0.15) is 27.7 Å². The Morgan fingerprint density at radius 3 is 1.15 bits per heavy atom. The predicted molar refractivity (Wildman–Crippen MR) is 64.5 cm³/mol. The van der Waals surface area contributed by atoms with Gasteiger partial charge in [0.05, 0.1) is 0 Å². The molecule has 0 saturated carbocycles. The van der Waals surface area contributed by atoms with Gasteiger partial charge in [0.15, 0.2) is 22.5 Å². The first-order valence-electron chi connectivity index (χ1n) is 4.83. The molecule has 0 aromatic heterocycles. The van der Waals surface area contributed by atoms with Crippen LogP contribution in [0.2, 0.25) is 0 Å². The van der Waals surface area contributed by atoms with Gasteiger partial charge in [-0.05, 0) is 27.7 Å². The second-order valence-corrected chi connectivity index (χ2v) is 8.12. The third-order valence-corrected chi connectivity index (χ3v) is 7.20. The SMILES string of the molecule is CCN(CC)[P+](Cl)(Cl)N(CC)CC. The van der Waals surface area contributed by atoms with Crippen LogP contribution < -0.4 is 0 Å². The van der Waals surface area contributed by atoms with E-state index in [1.165, 1.54) is 0 Å². The minimum atomic E-state index is -2.05. The molecular weight excluding hydrogens is 226 g/mol. The molecule has 0 aromatic carbocycles. The van der Waals surface area contributed by atoms with Gasteiger partial charge in [-0.2, -0.15) is 0 Å². The fourth-order valence-corrected chi connectivity index (χ4v) is 5.59. The van der Waals surface area contributed by atoms with Gasteiger partial charge in [-0.25, -0.2) is 0 Å². The Labute approximate surface area is 92.2 Å². The van der Waals surface area contributed by atoms with Crippen molar-refractivity contribution in [3.63, 3.8) is 0 Å². The fraction of sp³-hybridized carbons (Fsp3) is 1.00. The van der Waals surface area contributed by atoms with Gasteiger partial charge in [0.1, 0.15) is 0 Å². The quantitative estimate of drug-likeness (QED) is 0.657. The Balaban J connectivity index is 4.48. The van der Waals surface area contributed by atoms with Crippen molar-refractivity contribution >= 4 is 28.8 Å². The van der Waals surface area contributed by atoms with E-state index in [-0.39, 0.29) is 0 Å². The van der Waals surface area contributed by atoms with Crippen LogP contribution in [-0.2, 0) is 0 Å². The van der Waals surface area contributed by atoms with Crippen molar-refractivity contribution in [2.45, 2.75) is 27.7 Å². The van der Waals surface area contributed by atoms with Crippen LogP contribution in [-0.4, -0.2) is 35.5 Å². The Morgan fingerprint density at radius 1 is 0.769 bits per heavy atom. The first-order valence-corrected chi connectivity index (χ1v) is 8.34. The summed E-state index contributed by atoms with van der Waals surface area (Å²) >= 11 is 12.8. The molecule has 0 aliphatic heterocycles. The molecule has 0 heterocycles. The highest BCUT2D eigenvalue weighted by Crippen LogP contribution is 2.73. The first kappa shape index (κ1) is 13.9. The van der Waals surface area contributed by atoms with Crippen molar-refractivity contribution in [2.75, 3.05) is 26.2 Å². The van der Waals surface area contributed by atoms with Crippen LogP contribution in [0.25, 0.3) is 0 Å². The summed E-state index contributed by atoms with van der Waals surface area (Å²) in [6, 6.07) is 0. The van der Waals surface area contributed by atoms with Crippen molar-refractivity contribution in [3.05, 3.63) is 0 Å². The van der Waals surface area contributed by atoms with Crippen molar-refractivity contribution < 1.29 is 0 Å². The minimum Gasteiger partial charge on any atom is -0.135 e. The summed E-state index contributed by atoms with van der Waals surface area (Å²) in [6.07, 6.45) is -2.05. The maximum atomic E-state index is 6.40. The van der Waals surface area contributed by atoms with E-state index in [1.807, 2.05) is 0 Å². The average molecular weight is 246 g/mol. The lowest BCUT2D eigenvalue weighted by Crippen LogP contribution is -2.30. The summed E-state index contributed by atoms with van der Waals surface area (Å²) in [5.74, 6) is 0. The van der Waals surface area contributed by atoms with Crippen LogP contribution in [0.4, 0.5) is 0 Å². The van der Waals surface area contributed by atoms with E-state index in [0.29, 0.717) is 0 Å². The molecule has 0 unspecified atom stereocenters. The molecule has 0 aliphatic rings. The number of halogens is 2. The lowest BCUT2D eigenvalue weighted by atomic mass is 10.7. The molecule has 0 aromatic rings. The van der Waals surface area contributed by atoms with Gasteiger partial charge in [-0.15, -0.1) is 9.34 Å². The molecule has 80 valence electrons. The van der Waals surface area contributed by atoms with Crippen molar-refractivity contribution in [1.29, 1.82) is 0 Å². The molecule has 0 saturated heterocycles. The van der Waals surface area contributed by atoms with Gasteiger partial charge in [0, 0.05) is 26.2 Å². The lowest BCUT2D eigenvalue weighted by molar-refractivity contribution is 0.429. The number of rotatable bonds is 6. The van der Waals surface area contributed by atoms with Crippen LogP contribution in [0.15, 0.2) is 0 Å². The van der Waals surface area contributed by atoms with E-state index in [0.717, 1.165) is 26.2 Å². The third kappa shape index (κ3) is 3.53. The Hall–Kier alpha value is 0.930. The van der Waals surface area contributed by atoms with E-state index in [2.05, 4.69) is 37.0 Å². The molecule has 0 fully saturated rings. The van der Waals surface area contributed by atoms with Gasteiger partial charge in [0.2, 0.25) is 0 Å². The minimum absolute atomic E-state index is 0.910. The zero-order valence-corrected chi connectivity index (χ0v) is 11.3. The summed E-state index contributed by atoms with van der Waals surface area (Å²) in [6.45, 7) is 12.0. The van der Waals surface area contributed by atoms with E-state index >= 15 is 0 Å². The Morgan fingerprint density at radius 2 is 1.00 bits per heavy atom. The maximum Gasteiger partial charge on any atom is 0.355 e. The number of hydrogen-bond acceptors (Lipinski definition) is 2. The average Bonchev–Trinajstić information content (AvgIpc) is 2.07. The topological polar surface area (TPSA) is 6.48 Å². The highest BCUT2D eigenvalue weighted by atomic mass is 35.9. The van der Waals surface area contributed by atoms with Gasteiger partial charge in [0.25, 0.3) is 0 Å². The smallest absolute Gasteiger partial charge is 0.135 e. The van der Waals surface area contributed by atoms with E-state index in [4.69, 9.17) is 22.5 Å². The second-order valence-electron chi connectivity index (χ2n) is 2.73. The van der Waals surface area contributed by atoms with Gasteiger partial charge in [-0.3, -0.25) is 0 Å². The summed E-state index contributed by atoms with van der Waals surface area (Å²) in [4.78, 5) is 0.